The number of anilines is 1. The van der Waals surface area contributed by atoms with Gasteiger partial charge in [0, 0.05) is 24.0 Å². The zero-order chi connectivity index (χ0) is 15.1. The van der Waals surface area contributed by atoms with Crippen LogP contribution in [0.15, 0.2) is 60.8 Å². The number of nitrogens with one attached hydrogen (secondary N) is 1. The molecule has 108 valence electrons. The fourth-order valence-electron chi connectivity index (χ4n) is 2.97. The number of aromatic nitrogens is 1. The number of hydrogen-bond acceptors (Lipinski definition) is 1. The predicted octanol–water partition coefficient (Wildman–Crippen LogP) is 4.08. The summed E-state index contributed by atoms with van der Waals surface area (Å²) in [6.07, 6.45) is 2.06. The lowest BCUT2D eigenvalue weighted by atomic mass is 10.1. The summed E-state index contributed by atoms with van der Waals surface area (Å²) < 4.78 is 2.03. The van der Waals surface area contributed by atoms with E-state index in [2.05, 4.69) is 36.6 Å². The molecule has 0 atom stereocenters. The summed E-state index contributed by atoms with van der Waals surface area (Å²) in [7, 11) is 0. The fourth-order valence-corrected chi connectivity index (χ4v) is 2.97. The number of fused-ring (bicyclic) bond motifs is 2. The van der Waals surface area contributed by atoms with Crippen molar-refractivity contribution in [1.82, 2.24) is 4.57 Å². The lowest BCUT2D eigenvalue weighted by Gasteiger charge is -2.07. The zero-order valence-corrected chi connectivity index (χ0v) is 12.3. The first kappa shape index (κ1) is 12.9. The van der Waals surface area contributed by atoms with E-state index < -0.39 is 0 Å². The van der Waals surface area contributed by atoms with Gasteiger partial charge in [-0.1, -0.05) is 48.0 Å². The lowest BCUT2D eigenvalue weighted by Crippen LogP contribution is -2.12. The summed E-state index contributed by atoms with van der Waals surface area (Å²) in [5.74, 6) is -0.0511. The normalized spacial score (nSPS) is 13.0. The molecule has 4 rings (SSSR count). The Hall–Kier alpha value is -2.81. The van der Waals surface area contributed by atoms with Crippen molar-refractivity contribution < 1.29 is 4.79 Å². The molecule has 1 amide bonds. The highest BCUT2D eigenvalue weighted by Gasteiger charge is 2.20. The van der Waals surface area contributed by atoms with Crippen molar-refractivity contribution in [3.8, 4) is 11.1 Å². The second kappa shape index (κ2) is 4.88. The monoisotopic (exact) mass is 288 g/mol. The van der Waals surface area contributed by atoms with Crippen LogP contribution < -0.4 is 5.32 Å². The molecular formula is C19H16N2O. The zero-order valence-electron chi connectivity index (χ0n) is 12.3. The standard InChI is InChI=1S/C19H16N2O/c1-13-7-8-17-16(9-13)12-21-11-15(10-18(21)19(22)20-17)14-5-3-2-4-6-14/h2-11H,12H2,1H3,(H,20,22). The van der Waals surface area contributed by atoms with Crippen LogP contribution in [0.5, 0.6) is 0 Å². The Bertz CT molecular complexity index is 862. The van der Waals surface area contributed by atoms with Gasteiger partial charge in [0.25, 0.3) is 5.91 Å². The van der Waals surface area contributed by atoms with Crippen LogP contribution in [0.4, 0.5) is 5.69 Å². The number of carbonyl (C=O) groups is 1. The molecule has 0 saturated carbocycles. The van der Waals surface area contributed by atoms with Crippen LogP contribution >= 0.6 is 0 Å². The van der Waals surface area contributed by atoms with E-state index in [0.29, 0.717) is 12.2 Å². The molecule has 0 saturated heterocycles. The number of benzene rings is 2. The summed E-state index contributed by atoms with van der Waals surface area (Å²) in [5, 5.41) is 3.01. The van der Waals surface area contributed by atoms with Crippen molar-refractivity contribution in [2.24, 2.45) is 0 Å². The third-order valence-corrected chi connectivity index (χ3v) is 4.09. The number of aryl methyl sites for hydroxylation is 1. The fraction of sp³-hybridized carbons (Fsp3) is 0.105. The summed E-state index contributed by atoms with van der Waals surface area (Å²) in [5.41, 5.74) is 6.14. The van der Waals surface area contributed by atoms with E-state index in [-0.39, 0.29) is 5.91 Å². The second-order valence-corrected chi connectivity index (χ2v) is 5.72. The van der Waals surface area contributed by atoms with Crippen LogP contribution in [0.1, 0.15) is 21.6 Å². The van der Waals surface area contributed by atoms with Crippen LogP contribution in [0, 0.1) is 6.92 Å². The lowest BCUT2D eigenvalue weighted by molar-refractivity contribution is 0.102. The van der Waals surface area contributed by atoms with Crippen LogP contribution in [0.2, 0.25) is 0 Å². The molecule has 0 radical (unpaired) electrons. The molecule has 22 heavy (non-hydrogen) atoms. The van der Waals surface area contributed by atoms with Crippen LogP contribution in [-0.4, -0.2) is 10.5 Å². The van der Waals surface area contributed by atoms with E-state index in [9.17, 15) is 4.79 Å². The highest BCUT2D eigenvalue weighted by molar-refractivity contribution is 6.05. The van der Waals surface area contributed by atoms with Gasteiger partial charge in [0.15, 0.2) is 0 Å². The molecule has 2 aromatic carbocycles. The van der Waals surface area contributed by atoms with Crippen molar-refractivity contribution in [2.45, 2.75) is 13.5 Å². The SMILES string of the molecule is Cc1ccc2c(c1)Cn1cc(-c3ccccc3)cc1C(=O)N2. The maximum Gasteiger partial charge on any atom is 0.272 e. The Kier molecular flexibility index (Phi) is 2.86. The topological polar surface area (TPSA) is 34.0 Å². The van der Waals surface area contributed by atoms with Crippen molar-refractivity contribution >= 4 is 11.6 Å². The number of amides is 1. The molecule has 1 aliphatic heterocycles. The van der Waals surface area contributed by atoms with Crippen molar-refractivity contribution in [3.63, 3.8) is 0 Å². The molecule has 0 aliphatic carbocycles. The van der Waals surface area contributed by atoms with Gasteiger partial charge in [-0.25, -0.2) is 0 Å². The molecule has 1 aromatic heterocycles. The Morgan fingerprint density at radius 1 is 1.00 bits per heavy atom. The third-order valence-electron chi connectivity index (χ3n) is 4.09. The summed E-state index contributed by atoms with van der Waals surface area (Å²) in [6, 6.07) is 18.2. The Labute approximate surface area is 129 Å². The average Bonchev–Trinajstić information content (AvgIpc) is 2.90. The molecule has 3 heteroatoms. The van der Waals surface area contributed by atoms with Gasteiger partial charge >= 0.3 is 0 Å². The number of nitrogens with zero attached hydrogens (tertiary/aromatic N) is 1. The summed E-state index contributed by atoms with van der Waals surface area (Å²) in [6.45, 7) is 2.77. The van der Waals surface area contributed by atoms with Crippen molar-refractivity contribution in [2.75, 3.05) is 5.32 Å². The first-order valence-electron chi connectivity index (χ1n) is 7.37. The van der Waals surface area contributed by atoms with Crippen LogP contribution in [0.25, 0.3) is 11.1 Å². The van der Waals surface area contributed by atoms with Crippen molar-refractivity contribution in [3.05, 3.63) is 77.6 Å². The third kappa shape index (κ3) is 2.11. The summed E-state index contributed by atoms with van der Waals surface area (Å²) in [4.78, 5) is 12.5. The van der Waals surface area contributed by atoms with Gasteiger partial charge in [-0.05, 0) is 30.2 Å². The highest BCUT2D eigenvalue weighted by atomic mass is 16.2. The Morgan fingerprint density at radius 2 is 1.82 bits per heavy atom. The minimum absolute atomic E-state index is 0.0511. The van der Waals surface area contributed by atoms with E-state index in [0.717, 1.165) is 22.4 Å². The van der Waals surface area contributed by atoms with E-state index in [4.69, 9.17) is 0 Å². The molecule has 1 N–H and O–H groups in total. The molecular weight excluding hydrogens is 272 g/mol. The van der Waals surface area contributed by atoms with Gasteiger partial charge in [0.05, 0.1) is 0 Å². The molecule has 2 heterocycles. The Morgan fingerprint density at radius 3 is 2.64 bits per heavy atom. The molecule has 0 bridgehead atoms. The van der Waals surface area contributed by atoms with Gasteiger partial charge in [-0.3, -0.25) is 4.79 Å². The Balaban J connectivity index is 1.82. The van der Waals surface area contributed by atoms with E-state index in [1.807, 2.05) is 41.0 Å². The van der Waals surface area contributed by atoms with Crippen LogP contribution in [0.3, 0.4) is 0 Å². The van der Waals surface area contributed by atoms with Gasteiger partial charge in [0.2, 0.25) is 0 Å². The average molecular weight is 288 g/mol. The first-order chi connectivity index (χ1) is 10.7. The minimum Gasteiger partial charge on any atom is -0.338 e. The largest absolute Gasteiger partial charge is 0.338 e. The van der Waals surface area contributed by atoms with E-state index >= 15 is 0 Å². The van der Waals surface area contributed by atoms with Gasteiger partial charge < -0.3 is 9.88 Å². The number of hydrogen-bond donors (Lipinski definition) is 1. The molecule has 0 unspecified atom stereocenters. The maximum absolute atomic E-state index is 12.5. The smallest absolute Gasteiger partial charge is 0.272 e. The summed E-state index contributed by atoms with van der Waals surface area (Å²) >= 11 is 0. The van der Waals surface area contributed by atoms with Crippen LogP contribution in [-0.2, 0) is 6.54 Å². The highest BCUT2D eigenvalue weighted by Crippen LogP contribution is 2.28. The number of rotatable bonds is 1. The van der Waals surface area contributed by atoms with Crippen molar-refractivity contribution in [1.29, 1.82) is 0 Å². The second-order valence-electron chi connectivity index (χ2n) is 5.72. The van der Waals surface area contributed by atoms with Gasteiger partial charge in [0.1, 0.15) is 5.69 Å². The first-order valence-corrected chi connectivity index (χ1v) is 7.37. The molecule has 1 aliphatic rings. The van der Waals surface area contributed by atoms with Gasteiger partial charge in [-0.2, -0.15) is 0 Å². The predicted molar refractivity (Wildman–Crippen MR) is 88.1 cm³/mol. The molecule has 3 aromatic rings. The minimum atomic E-state index is -0.0511. The molecule has 0 spiro atoms. The molecule has 3 nitrogen and oxygen atoms in total. The maximum atomic E-state index is 12.5. The number of carbonyl (C=O) groups excluding carboxylic acids is 1. The van der Waals surface area contributed by atoms with E-state index in [1.54, 1.807) is 0 Å². The quantitative estimate of drug-likeness (QED) is 0.719. The molecule has 0 fully saturated rings. The van der Waals surface area contributed by atoms with E-state index in [1.165, 1.54) is 5.56 Å². The van der Waals surface area contributed by atoms with Gasteiger partial charge in [-0.15, -0.1) is 0 Å².